The molecule has 2 N–H and O–H groups in total. The largest absolute Gasteiger partial charge is 0.347 e. The molecular weight excluding hydrogens is 315 g/mol. The number of hydrogen-bond donors (Lipinski definition) is 2. The minimum atomic E-state index is -0.337. The van der Waals surface area contributed by atoms with E-state index in [1.807, 2.05) is 6.92 Å². The van der Waals surface area contributed by atoms with Crippen molar-refractivity contribution in [3.05, 3.63) is 51.9 Å². The van der Waals surface area contributed by atoms with E-state index in [1.54, 1.807) is 23.7 Å². The Bertz CT molecular complexity index is 912. The summed E-state index contributed by atoms with van der Waals surface area (Å²) in [6.45, 7) is 2.11. The molecule has 0 radical (unpaired) electrons. The zero-order chi connectivity index (χ0) is 16.6. The van der Waals surface area contributed by atoms with Gasteiger partial charge in [0.1, 0.15) is 11.5 Å². The minimum Gasteiger partial charge on any atom is -0.347 e. The smallest absolute Gasteiger partial charge is 0.268 e. The van der Waals surface area contributed by atoms with Gasteiger partial charge in [0.15, 0.2) is 5.65 Å². The SMILES string of the molecule is Cc1nc2c(s1)c(C=N)c(C(=O)NCc1cccc(F)c1)n2C. The van der Waals surface area contributed by atoms with Crippen LogP contribution in [0.1, 0.15) is 26.6 Å². The summed E-state index contributed by atoms with van der Waals surface area (Å²) in [5, 5.41) is 11.3. The van der Waals surface area contributed by atoms with E-state index in [4.69, 9.17) is 5.41 Å². The van der Waals surface area contributed by atoms with Crippen LogP contribution in [0.15, 0.2) is 24.3 Å². The summed E-state index contributed by atoms with van der Waals surface area (Å²) >= 11 is 1.46. The van der Waals surface area contributed by atoms with Gasteiger partial charge in [-0.15, -0.1) is 11.3 Å². The number of carbonyl (C=O) groups excluding carboxylic acids is 1. The van der Waals surface area contributed by atoms with Crippen LogP contribution in [-0.4, -0.2) is 21.7 Å². The molecule has 0 unspecified atom stereocenters. The van der Waals surface area contributed by atoms with Gasteiger partial charge in [-0.2, -0.15) is 0 Å². The molecule has 1 aromatic carbocycles. The van der Waals surface area contributed by atoms with Crippen LogP contribution in [0.2, 0.25) is 0 Å². The van der Waals surface area contributed by atoms with Gasteiger partial charge in [-0.25, -0.2) is 9.37 Å². The number of thiazole rings is 1. The van der Waals surface area contributed by atoms with Crippen molar-refractivity contribution in [1.82, 2.24) is 14.9 Å². The number of amides is 1. The fourth-order valence-corrected chi connectivity index (χ4v) is 3.50. The average Bonchev–Trinajstić information content (AvgIpc) is 3.01. The molecule has 2 heterocycles. The minimum absolute atomic E-state index is 0.222. The van der Waals surface area contributed by atoms with Gasteiger partial charge >= 0.3 is 0 Å². The molecule has 0 fully saturated rings. The zero-order valence-corrected chi connectivity index (χ0v) is 13.5. The van der Waals surface area contributed by atoms with Gasteiger partial charge in [0.25, 0.3) is 5.91 Å². The average molecular weight is 330 g/mol. The van der Waals surface area contributed by atoms with Gasteiger partial charge < -0.3 is 15.3 Å². The number of nitrogens with zero attached hydrogens (tertiary/aromatic N) is 2. The zero-order valence-electron chi connectivity index (χ0n) is 12.7. The van der Waals surface area contributed by atoms with E-state index in [0.717, 1.165) is 9.71 Å². The third kappa shape index (κ3) is 2.75. The van der Waals surface area contributed by atoms with Crippen LogP contribution in [0, 0.1) is 18.2 Å². The van der Waals surface area contributed by atoms with Gasteiger partial charge in [0.05, 0.1) is 9.71 Å². The Balaban J connectivity index is 1.90. The van der Waals surface area contributed by atoms with E-state index in [0.29, 0.717) is 22.5 Å². The van der Waals surface area contributed by atoms with E-state index in [2.05, 4.69) is 10.3 Å². The number of aryl methyl sites for hydroxylation is 2. The first-order valence-corrected chi connectivity index (χ1v) is 7.82. The summed E-state index contributed by atoms with van der Waals surface area (Å²) in [4.78, 5) is 16.9. The molecule has 0 atom stereocenters. The molecular formula is C16H15FN4OS. The highest BCUT2D eigenvalue weighted by molar-refractivity contribution is 7.18. The van der Waals surface area contributed by atoms with Crippen molar-refractivity contribution >= 4 is 33.8 Å². The van der Waals surface area contributed by atoms with Crippen molar-refractivity contribution in [2.75, 3.05) is 0 Å². The Hall–Kier alpha value is -2.54. The number of benzene rings is 1. The van der Waals surface area contributed by atoms with Crippen molar-refractivity contribution in [2.45, 2.75) is 13.5 Å². The van der Waals surface area contributed by atoms with Crippen LogP contribution in [0.5, 0.6) is 0 Å². The normalized spacial score (nSPS) is 10.9. The lowest BCUT2D eigenvalue weighted by atomic mass is 10.2. The fourth-order valence-electron chi connectivity index (χ4n) is 2.53. The number of carbonyl (C=O) groups is 1. The van der Waals surface area contributed by atoms with Crippen LogP contribution in [0.4, 0.5) is 4.39 Å². The van der Waals surface area contributed by atoms with Crippen molar-refractivity contribution in [3.8, 4) is 0 Å². The first kappa shape index (κ1) is 15.4. The fraction of sp³-hybridized carbons (Fsp3) is 0.188. The Labute approximate surface area is 136 Å². The number of hydrogen-bond acceptors (Lipinski definition) is 4. The lowest BCUT2D eigenvalue weighted by Gasteiger charge is -2.08. The van der Waals surface area contributed by atoms with Crippen LogP contribution in [-0.2, 0) is 13.6 Å². The standard InChI is InChI=1S/C16H15FN4OS/c1-9-20-15-14(23-9)12(7-18)13(21(15)2)16(22)19-8-10-4-3-5-11(17)6-10/h3-7,18H,8H2,1-2H3,(H,19,22). The van der Waals surface area contributed by atoms with E-state index in [1.165, 1.54) is 29.7 Å². The Kier molecular flexibility index (Phi) is 3.96. The highest BCUT2D eigenvalue weighted by Gasteiger charge is 2.22. The summed E-state index contributed by atoms with van der Waals surface area (Å²) in [5.41, 5.74) is 2.33. The third-order valence-corrected chi connectivity index (χ3v) is 4.56. The Morgan fingerprint density at radius 3 is 3.00 bits per heavy atom. The molecule has 0 saturated carbocycles. The molecule has 118 valence electrons. The maximum absolute atomic E-state index is 13.2. The van der Waals surface area contributed by atoms with Gasteiger partial charge in [0.2, 0.25) is 0 Å². The highest BCUT2D eigenvalue weighted by Crippen LogP contribution is 2.29. The first-order chi connectivity index (χ1) is 11.0. The lowest BCUT2D eigenvalue weighted by Crippen LogP contribution is -2.26. The second kappa shape index (κ2) is 5.92. The molecule has 0 saturated heterocycles. The number of nitrogens with one attached hydrogen (secondary N) is 2. The molecule has 7 heteroatoms. The van der Waals surface area contributed by atoms with Crippen LogP contribution < -0.4 is 5.32 Å². The van der Waals surface area contributed by atoms with Gasteiger partial charge in [-0.05, 0) is 24.6 Å². The lowest BCUT2D eigenvalue weighted by molar-refractivity contribution is 0.0943. The van der Waals surface area contributed by atoms with Crippen LogP contribution in [0.3, 0.4) is 0 Å². The molecule has 0 spiro atoms. The summed E-state index contributed by atoms with van der Waals surface area (Å²) in [6, 6.07) is 6.09. The van der Waals surface area contributed by atoms with E-state index in [-0.39, 0.29) is 18.3 Å². The number of halogens is 1. The molecule has 0 aliphatic carbocycles. The van der Waals surface area contributed by atoms with Crippen molar-refractivity contribution in [3.63, 3.8) is 0 Å². The number of rotatable bonds is 4. The first-order valence-electron chi connectivity index (χ1n) is 7.00. The Morgan fingerprint density at radius 1 is 1.52 bits per heavy atom. The van der Waals surface area contributed by atoms with E-state index in [9.17, 15) is 9.18 Å². The maximum Gasteiger partial charge on any atom is 0.268 e. The van der Waals surface area contributed by atoms with Crippen LogP contribution in [0.25, 0.3) is 10.3 Å². The summed E-state index contributed by atoms with van der Waals surface area (Å²) in [7, 11) is 1.76. The van der Waals surface area contributed by atoms with E-state index >= 15 is 0 Å². The molecule has 3 rings (SSSR count). The molecule has 1 amide bonds. The van der Waals surface area contributed by atoms with Crippen LogP contribution >= 0.6 is 11.3 Å². The molecule has 23 heavy (non-hydrogen) atoms. The van der Waals surface area contributed by atoms with Crippen molar-refractivity contribution < 1.29 is 9.18 Å². The molecule has 0 bridgehead atoms. The van der Waals surface area contributed by atoms with Gasteiger partial charge in [-0.3, -0.25) is 4.79 Å². The summed E-state index contributed by atoms with van der Waals surface area (Å²) in [6.07, 6.45) is 1.18. The second-order valence-corrected chi connectivity index (χ2v) is 6.37. The number of fused-ring (bicyclic) bond motifs is 1. The monoisotopic (exact) mass is 330 g/mol. The van der Waals surface area contributed by atoms with E-state index < -0.39 is 0 Å². The predicted molar refractivity (Wildman–Crippen MR) is 88.8 cm³/mol. The summed E-state index contributed by atoms with van der Waals surface area (Å²) in [5.74, 6) is -0.644. The van der Waals surface area contributed by atoms with Gasteiger partial charge in [0, 0.05) is 25.4 Å². The topological polar surface area (TPSA) is 70.8 Å². The molecule has 3 aromatic rings. The molecule has 2 aromatic heterocycles. The predicted octanol–water partition coefficient (Wildman–Crippen LogP) is 3.01. The van der Waals surface area contributed by atoms with Crippen molar-refractivity contribution in [2.24, 2.45) is 7.05 Å². The second-order valence-electron chi connectivity index (χ2n) is 5.16. The van der Waals surface area contributed by atoms with Gasteiger partial charge in [-0.1, -0.05) is 12.1 Å². The Morgan fingerprint density at radius 2 is 2.30 bits per heavy atom. The highest BCUT2D eigenvalue weighted by atomic mass is 32.1. The molecule has 0 aliphatic rings. The summed E-state index contributed by atoms with van der Waals surface area (Å²) < 4.78 is 15.7. The number of aromatic nitrogens is 2. The molecule has 0 aliphatic heterocycles. The third-order valence-electron chi connectivity index (χ3n) is 3.57. The maximum atomic E-state index is 13.2. The molecule has 5 nitrogen and oxygen atoms in total. The quantitative estimate of drug-likeness (QED) is 0.722. The van der Waals surface area contributed by atoms with Crippen molar-refractivity contribution in [1.29, 1.82) is 5.41 Å².